The minimum Gasteiger partial charge on any atom is -0.275 e. The molecule has 1 aromatic rings. The Kier molecular flexibility index (Phi) is 4.07. The molecule has 0 aliphatic heterocycles. The molecule has 0 amide bonds. The Morgan fingerprint density at radius 1 is 1.43 bits per heavy atom. The number of hydrogen-bond acceptors (Lipinski definition) is 3. The molecule has 1 rings (SSSR count). The fraction of sp³-hybridized carbons (Fsp3) is 0. The SMILES string of the molecule is O=C(Cl)c1ccc(I)c(I)c1[N+](=O)[O-]. The van der Waals surface area contributed by atoms with Gasteiger partial charge in [0.25, 0.3) is 10.9 Å². The van der Waals surface area contributed by atoms with Crippen molar-refractivity contribution in [3.8, 4) is 0 Å². The molecule has 0 saturated carbocycles. The minimum atomic E-state index is -0.814. The first-order valence-electron chi connectivity index (χ1n) is 3.27. The van der Waals surface area contributed by atoms with Gasteiger partial charge in [0.15, 0.2) is 0 Å². The second kappa shape index (κ2) is 4.71. The highest BCUT2D eigenvalue weighted by Gasteiger charge is 2.23. The molecule has 0 heterocycles. The average molecular weight is 437 g/mol. The van der Waals surface area contributed by atoms with Gasteiger partial charge < -0.3 is 0 Å². The topological polar surface area (TPSA) is 60.2 Å². The summed E-state index contributed by atoms with van der Waals surface area (Å²) in [6.07, 6.45) is 0. The molecule has 0 atom stereocenters. The van der Waals surface area contributed by atoms with Crippen molar-refractivity contribution in [1.82, 2.24) is 0 Å². The summed E-state index contributed by atoms with van der Waals surface area (Å²) >= 11 is 9.00. The maximum Gasteiger partial charge on any atom is 0.295 e. The number of nitro benzene ring substituents is 1. The van der Waals surface area contributed by atoms with Gasteiger partial charge >= 0.3 is 0 Å². The maximum absolute atomic E-state index is 10.9. The average Bonchev–Trinajstić information content (AvgIpc) is 2.08. The van der Waals surface area contributed by atoms with Gasteiger partial charge in [-0.2, -0.15) is 0 Å². The second-order valence-corrected chi connectivity index (χ2v) is 4.87. The van der Waals surface area contributed by atoms with E-state index >= 15 is 0 Å². The van der Waals surface area contributed by atoms with Crippen LogP contribution in [0.3, 0.4) is 0 Å². The summed E-state index contributed by atoms with van der Waals surface area (Å²) in [6.45, 7) is 0. The number of benzene rings is 1. The van der Waals surface area contributed by atoms with Gasteiger partial charge in [-0.25, -0.2) is 0 Å². The first-order valence-corrected chi connectivity index (χ1v) is 5.81. The first kappa shape index (κ1) is 12.1. The van der Waals surface area contributed by atoms with E-state index in [0.29, 0.717) is 3.57 Å². The van der Waals surface area contributed by atoms with Gasteiger partial charge in [0.1, 0.15) is 9.13 Å². The Morgan fingerprint density at radius 3 is 2.43 bits per heavy atom. The van der Waals surface area contributed by atoms with Crippen LogP contribution in [0.5, 0.6) is 0 Å². The van der Waals surface area contributed by atoms with Crippen molar-refractivity contribution in [3.05, 3.63) is 35.0 Å². The van der Waals surface area contributed by atoms with E-state index in [2.05, 4.69) is 0 Å². The summed E-state index contributed by atoms with van der Waals surface area (Å²) in [5.41, 5.74) is -0.293. The minimum absolute atomic E-state index is 0.0681. The van der Waals surface area contributed by atoms with Gasteiger partial charge in [0, 0.05) is 3.57 Å². The molecule has 0 saturated heterocycles. The number of hydrogen-bond donors (Lipinski definition) is 0. The number of nitro groups is 1. The van der Waals surface area contributed by atoms with E-state index in [1.807, 2.05) is 45.2 Å². The Labute approximate surface area is 111 Å². The summed E-state index contributed by atoms with van der Waals surface area (Å²) < 4.78 is 1.15. The third kappa shape index (κ3) is 2.34. The van der Waals surface area contributed by atoms with E-state index in [0.717, 1.165) is 3.57 Å². The zero-order chi connectivity index (χ0) is 10.9. The lowest BCUT2D eigenvalue weighted by Gasteiger charge is -2.01. The molecule has 0 aromatic heterocycles. The van der Waals surface area contributed by atoms with Crippen LogP contribution in [0.15, 0.2) is 12.1 Å². The van der Waals surface area contributed by atoms with Crippen molar-refractivity contribution in [2.75, 3.05) is 0 Å². The zero-order valence-electron chi connectivity index (χ0n) is 6.46. The molecule has 0 unspecified atom stereocenters. The summed E-state index contributed by atoms with van der Waals surface area (Å²) in [5.74, 6) is 0. The van der Waals surface area contributed by atoms with Crippen LogP contribution in [0.25, 0.3) is 0 Å². The predicted octanol–water partition coefficient (Wildman–Crippen LogP) is 3.18. The molecule has 7 heteroatoms. The monoisotopic (exact) mass is 437 g/mol. The van der Waals surface area contributed by atoms with Gasteiger partial charge in [-0.05, 0) is 68.9 Å². The Morgan fingerprint density at radius 2 is 2.00 bits per heavy atom. The third-order valence-electron chi connectivity index (χ3n) is 1.46. The van der Waals surface area contributed by atoms with Crippen LogP contribution in [0.2, 0.25) is 0 Å². The van der Waals surface area contributed by atoms with Crippen LogP contribution >= 0.6 is 56.8 Å². The highest BCUT2D eigenvalue weighted by molar-refractivity contribution is 14.1. The van der Waals surface area contributed by atoms with E-state index in [1.165, 1.54) is 6.07 Å². The number of carbonyl (C=O) groups excluding carboxylic acids is 1. The quantitative estimate of drug-likeness (QED) is 0.309. The molecular weight excluding hydrogens is 435 g/mol. The lowest BCUT2D eigenvalue weighted by atomic mass is 10.2. The summed E-state index contributed by atoms with van der Waals surface area (Å²) in [6, 6.07) is 2.97. The summed E-state index contributed by atoms with van der Waals surface area (Å²) in [4.78, 5) is 21.0. The van der Waals surface area contributed by atoms with Gasteiger partial charge in [-0.3, -0.25) is 14.9 Å². The highest BCUT2D eigenvalue weighted by atomic mass is 127. The van der Waals surface area contributed by atoms with Crippen molar-refractivity contribution in [3.63, 3.8) is 0 Å². The third-order valence-corrected chi connectivity index (χ3v) is 4.69. The van der Waals surface area contributed by atoms with Crippen molar-refractivity contribution >= 4 is 67.7 Å². The maximum atomic E-state index is 10.9. The lowest BCUT2D eigenvalue weighted by molar-refractivity contribution is -0.386. The smallest absolute Gasteiger partial charge is 0.275 e. The van der Waals surface area contributed by atoms with Gasteiger partial charge in [-0.1, -0.05) is 0 Å². The number of halogens is 3. The summed E-state index contributed by atoms with van der Waals surface area (Å²) in [7, 11) is 0. The van der Waals surface area contributed by atoms with Crippen LogP contribution < -0.4 is 0 Å². The van der Waals surface area contributed by atoms with E-state index < -0.39 is 10.2 Å². The Bertz CT molecular complexity index is 422. The van der Waals surface area contributed by atoms with Gasteiger partial charge in [0.2, 0.25) is 0 Å². The Balaban J connectivity index is 3.53. The molecule has 0 aliphatic rings. The lowest BCUT2D eigenvalue weighted by Crippen LogP contribution is -2.02. The molecule has 0 spiro atoms. The molecule has 0 aliphatic carbocycles. The largest absolute Gasteiger partial charge is 0.295 e. The van der Waals surface area contributed by atoms with E-state index in [-0.39, 0.29) is 11.3 Å². The molecule has 4 nitrogen and oxygen atoms in total. The van der Waals surface area contributed by atoms with Crippen molar-refractivity contribution < 1.29 is 9.72 Å². The molecular formula is C7H2ClI2NO3. The van der Waals surface area contributed by atoms with Gasteiger partial charge in [0.05, 0.1) is 4.92 Å². The molecule has 74 valence electrons. The number of rotatable bonds is 2. The molecule has 0 bridgehead atoms. The number of carbonyl (C=O) groups is 1. The second-order valence-electron chi connectivity index (χ2n) is 2.29. The molecule has 1 aromatic carbocycles. The Hall–Kier alpha value is 0.0400. The first-order chi connectivity index (χ1) is 6.45. The van der Waals surface area contributed by atoms with Crippen molar-refractivity contribution in [2.24, 2.45) is 0 Å². The molecule has 0 radical (unpaired) electrons. The van der Waals surface area contributed by atoms with E-state index in [4.69, 9.17) is 11.6 Å². The highest BCUT2D eigenvalue weighted by Crippen LogP contribution is 2.30. The zero-order valence-corrected chi connectivity index (χ0v) is 11.5. The summed E-state index contributed by atoms with van der Waals surface area (Å²) in [5, 5.41) is 9.87. The van der Waals surface area contributed by atoms with Crippen molar-refractivity contribution in [2.45, 2.75) is 0 Å². The van der Waals surface area contributed by atoms with E-state index in [1.54, 1.807) is 6.07 Å². The normalized spacial score (nSPS) is 9.93. The van der Waals surface area contributed by atoms with E-state index in [9.17, 15) is 14.9 Å². The van der Waals surface area contributed by atoms with Crippen LogP contribution in [0, 0.1) is 17.3 Å². The molecule has 14 heavy (non-hydrogen) atoms. The van der Waals surface area contributed by atoms with Crippen LogP contribution in [0.1, 0.15) is 10.4 Å². The fourth-order valence-corrected chi connectivity index (χ4v) is 2.13. The predicted molar refractivity (Wildman–Crippen MR) is 68.7 cm³/mol. The number of nitrogens with zero attached hydrogens (tertiary/aromatic N) is 1. The van der Waals surface area contributed by atoms with Crippen molar-refractivity contribution in [1.29, 1.82) is 0 Å². The fourth-order valence-electron chi connectivity index (χ4n) is 0.877. The van der Waals surface area contributed by atoms with Crippen LogP contribution in [0.4, 0.5) is 5.69 Å². The molecule has 0 fully saturated rings. The standard InChI is InChI=1S/C7H2ClI2NO3/c8-7(12)3-1-2-4(9)5(10)6(3)11(13)14/h1-2H. The van der Waals surface area contributed by atoms with Crippen LogP contribution in [-0.2, 0) is 0 Å². The molecule has 0 N–H and O–H groups in total. The van der Waals surface area contributed by atoms with Gasteiger partial charge in [-0.15, -0.1) is 0 Å². The van der Waals surface area contributed by atoms with Crippen LogP contribution in [-0.4, -0.2) is 10.2 Å².